The first-order chi connectivity index (χ1) is 5.26. The summed E-state index contributed by atoms with van der Waals surface area (Å²) in [5, 5.41) is 3.16. The van der Waals surface area contributed by atoms with Crippen molar-refractivity contribution < 1.29 is 0 Å². The second kappa shape index (κ2) is 6.13. The van der Waals surface area contributed by atoms with Crippen molar-refractivity contribution in [3.8, 4) is 0 Å². The van der Waals surface area contributed by atoms with Crippen LogP contribution in [0, 0.1) is 0 Å². The predicted octanol–water partition coefficient (Wildman–Crippen LogP) is 1.23. The number of hydrogen-bond acceptors (Lipinski definition) is 2. The maximum Gasteiger partial charge on any atom is 0.0571 e. The summed E-state index contributed by atoms with van der Waals surface area (Å²) in [6.45, 7) is 11.3. The Morgan fingerprint density at radius 1 is 1.36 bits per heavy atom. The molecule has 1 atom stereocenters. The smallest absolute Gasteiger partial charge is 0.0571 e. The molecule has 0 bridgehead atoms. The lowest BCUT2D eigenvalue weighted by atomic mass is 10.4. The molecule has 0 aromatic carbocycles. The Bertz CT molecular complexity index is 111. The van der Waals surface area contributed by atoms with Gasteiger partial charge in [0.05, 0.1) is 6.17 Å². The molecule has 0 aliphatic heterocycles. The van der Waals surface area contributed by atoms with Crippen molar-refractivity contribution in [3.05, 3.63) is 25.3 Å². The molecule has 0 amide bonds. The van der Waals surface area contributed by atoms with Crippen LogP contribution in [0.5, 0.6) is 0 Å². The summed E-state index contributed by atoms with van der Waals surface area (Å²) in [5.74, 6) is 0. The maximum atomic E-state index is 3.70. The Morgan fingerprint density at radius 3 is 2.09 bits per heavy atom. The lowest BCUT2D eigenvalue weighted by Crippen LogP contribution is -2.41. The lowest BCUT2D eigenvalue weighted by molar-refractivity contribution is 0.229. The molecule has 0 rings (SSSR count). The SMILES string of the molecule is C=CCN(CC=C)C(C)NC. The third kappa shape index (κ3) is 3.96. The summed E-state index contributed by atoms with van der Waals surface area (Å²) in [6.07, 6.45) is 4.18. The molecule has 0 fully saturated rings. The first-order valence-electron chi connectivity index (χ1n) is 3.89. The fourth-order valence-electron chi connectivity index (χ4n) is 0.905. The molecule has 2 heteroatoms. The van der Waals surface area contributed by atoms with Gasteiger partial charge in [-0.3, -0.25) is 4.90 Å². The minimum atomic E-state index is 0.381. The molecule has 0 aromatic heterocycles. The summed E-state index contributed by atoms with van der Waals surface area (Å²) in [6, 6.07) is 0. The molecule has 2 nitrogen and oxygen atoms in total. The normalized spacial score (nSPS) is 13.0. The largest absolute Gasteiger partial charge is 0.305 e. The summed E-state index contributed by atoms with van der Waals surface area (Å²) in [7, 11) is 1.95. The Hall–Kier alpha value is -0.600. The maximum absolute atomic E-state index is 3.70. The average Bonchev–Trinajstić information content (AvgIpc) is 2.03. The van der Waals surface area contributed by atoms with Crippen molar-refractivity contribution >= 4 is 0 Å². The molecule has 0 aromatic rings. The van der Waals surface area contributed by atoms with Crippen molar-refractivity contribution in [1.82, 2.24) is 10.2 Å². The second-order valence-corrected chi connectivity index (χ2v) is 2.50. The number of nitrogens with one attached hydrogen (secondary N) is 1. The van der Waals surface area contributed by atoms with Gasteiger partial charge in [-0.2, -0.15) is 0 Å². The van der Waals surface area contributed by atoms with Crippen molar-refractivity contribution in [2.45, 2.75) is 13.1 Å². The van der Waals surface area contributed by atoms with Crippen LogP contribution in [0.25, 0.3) is 0 Å². The average molecular weight is 154 g/mol. The number of rotatable bonds is 6. The molecule has 1 unspecified atom stereocenters. The van der Waals surface area contributed by atoms with E-state index >= 15 is 0 Å². The number of hydrogen-bond donors (Lipinski definition) is 1. The van der Waals surface area contributed by atoms with Gasteiger partial charge >= 0.3 is 0 Å². The van der Waals surface area contributed by atoms with Gasteiger partial charge in [0.1, 0.15) is 0 Å². The van der Waals surface area contributed by atoms with E-state index < -0.39 is 0 Å². The zero-order chi connectivity index (χ0) is 8.69. The molecular weight excluding hydrogens is 136 g/mol. The highest BCUT2D eigenvalue weighted by molar-refractivity contribution is 4.81. The van der Waals surface area contributed by atoms with Crippen LogP contribution >= 0.6 is 0 Å². The van der Waals surface area contributed by atoms with Gasteiger partial charge in [0.15, 0.2) is 0 Å². The molecular formula is C9H18N2. The molecule has 0 radical (unpaired) electrons. The van der Waals surface area contributed by atoms with Gasteiger partial charge in [0.25, 0.3) is 0 Å². The molecule has 0 heterocycles. The van der Waals surface area contributed by atoms with Gasteiger partial charge in [0.2, 0.25) is 0 Å². The van der Waals surface area contributed by atoms with Crippen molar-refractivity contribution in [1.29, 1.82) is 0 Å². The van der Waals surface area contributed by atoms with Gasteiger partial charge < -0.3 is 5.32 Å². The van der Waals surface area contributed by atoms with Crippen LogP contribution in [0.15, 0.2) is 25.3 Å². The molecule has 64 valence electrons. The van der Waals surface area contributed by atoms with E-state index in [4.69, 9.17) is 0 Å². The van der Waals surface area contributed by atoms with E-state index in [1.807, 2.05) is 19.2 Å². The van der Waals surface area contributed by atoms with E-state index in [2.05, 4.69) is 30.3 Å². The van der Waals surface area contributed by atoms with Crippen molar-refractivity contribution in [2.75, 3.05) is 20.1 Å². The van der Waals surface area contributed by atoms with E-state index in [1.165, 1.54) is 0 Å². The highest BCUT2D eigenvalue weighted by atomic mass is 15.2. The van der Waals surface area contributed by atoms with Crippen LogP contribution in [-0.2, 0) is 0 Å². The van der Waals surface area contributed by atoms with E-state index in [1.54, 1.807) is 0 Å². The first kappa shape index (κ1) is 10.4. The fraction of sp³-hybridized carbons (Fsp3) is 0.556. The zero-order valence-corrected chi connectivity index (χ0v) is 7.51. The van der Waals surface area contributed by atoms with E-state index in [0.717, 1.165) is 13.1 Å². The predicted molar refractivity (Wildman–Crippen MR) is 50.5 cm³/mol. The Morgan fingerprint density at radius 2 is 1.82 bits per heavy atom. The molecule has 0 aliphatic rings. The zero-order valence-electron chi connectivity index (χ0n) is 7.51. The van der Waals surface area contributed by atoms with Crippen LogP contribution in [0.2, 0.25) is 0 Å². The Kier molecular flexibility index (Phi) is 5.80. The van der Waals surface area contributed by atoms with Gasteiger partial charge in [-0.1, -0.05) is 12.2 Å². The highest BCUT2D eigenvalue weighted by Crippen LogP contribution is 1.94. The first-order valence-corrected chi connectivity index (χ1v) is 3.89. The number of nitrogens with zero attached hydrogens (tertiary/aromatic N) is 1. The summed E-state index contributed by atoms with van der Waals surface area (Å²) >= 11 is 0. The van der Waals surface area contributed by atoms with Gasteiger partial charge in [-0.25, -0.2) is 0 Å². The molecule has 11 heavy (non-hydrogen) atoms. The highest BCUT2D eigenvalue weighted by Gasteiger charge is 2.06. The molecule has 0 saturated carbocycles. The van der Waals surface area contributed by atoms with Crippen LogP contribution in [0.3, 0.4) is 0 Å². The fourth-order valence-corrected chi connectivity index (χ4v) is 0.905. The van der Waals surface area contributed by atoms with Gasteiger partial charge in [0, 0.05) is 13.1 Å². The van der Waals surface area contributed by atoms with Crippen molar-refractivity contribution in [3.63, 3.8) is 0 Å². The minimum Gasteiger partial charge on any atom is -0.305 e. The lowest BCUT2D eigenvalue weighted by Gasteiger charge is -2.25. The Labute approximate surface area is 69.6 Å². The van der Waals surface area contributed by atoms with E-state index in [9.17, 15) is 0 Å². The molecule has 1 N–H and O–H groups in total. The third-order valence-corrected chi connectivity index (χ3v) is 1.69. The summed E-state index contributed by atoms with van der Waals surface area (Å²) in [4.78, 5) is 2.24. The minimum absolute atomic E-state index is 0.381. The summed E-state index contributed by atoms with van der Waals surface area (Å²) < 4.78 is 0. The van der Waals surface area contributed by atoms with Crippen LogP contribution in [0.1, 0.15) is 6.92 Å². The molecule has 0 aliphatic carbocycles. The van der Waals surface area contributed by atoms with Crippen LogP contribution in [-0.4, -0.2) is 31.2 Å². The standard InChI is InChI=1S/C9H18N2/c1-5-7-11(8-6-2)9(3)10-4/h5-6,9-10H,1-2,7-8H2,3-4H3. The summed E-state index contributed by atoms with van der Waals surface area (Å²) in [5.41, 5.74) is 0. The van der Waals surface area contributed by atoms with Crippen LogP contribution < -0.4 is 5.32 Å². The Balaban J connectivity index is 3.84. The quantitative estimate of drug-likeness (QED) is 0.457. The van der Waals surface area contributed by atoms with Gasteiger partial charge in [-0.05, 0) is 14.0 Å². The molecule has 0 spiro atoms. The van der Waals surface area contributed by atoms with E-state index in [-0.39, 0.29) is 0 Å². The third-order valence-electron chi connectivity index (χ3n) is 1.69. The van der Waals surface area contributed by atoms with Crippen molar-refractivity contribution in [2.24, 2.45) is 0 Å². The van der Waals surface area contributed by atoms with Crippen LogP contribution in [0.4, 0.5) is 0 Å². The van der Waals surface area contributed by atoms with E-state index in [0.29, 0.717) is 6.17 Å². The topological polar surface area (TPSA) is 15.3 Å². The molecule has 0 saturated heterocycles. The van der Waals surface area contributed by atoms with Gasteiger partial charge in [-0.15, -0.1) is 13.2 Å². The monoisotopic (exact) mass is 154 g/mol. The second-order valence-electron chi connectivity index (χ2n) is 2.50.